The molecule has 0 rings (SSSR count). The predicted molar refractivity (Wildman–Crippen MR) is 62.9 cm³/mol. The van der Waals surface area contributed by atoms with Crippen molar-refractivity contribution >= 4 is 31.6 Å². The molecular weight excluding hydrogens is 239 g/mol. The van der Waals surface area contributed by atoms with Crippen molar-refractivity contribution in [1.82, 2.24) is 10.6 Å². The van der Waals surface area contributed by atoms with Gasteiger partial charge in [0.1, 0.15) is 24.6 Å². The van der Waals surface area contributed by atoms with Gasteiger partial charge in [0.15, 0.2) is 7.85 Å². The molecule has 2 radical (unpaired) electrons. The van der Waals surface area contributed by atoms with Crippen molar-refractivity contribution in [2.24, 2.45) is 0 Å². The van der Waals surface area contributed by atoms with Crippen molar-refractivity contribution < 1.29 is 23.9 Å². The van der Waals surface area contributed by atoms with Gasteiger partial charge >= 0.3 is 0 Å². The average molecular weight is 254 g/mol. The van der Waals surface area contributed by atoms with E-state index in [1.54, 1.807) is 0 Å². The fraction of sp³-hybridized carbons (Fsp3) is 0.600. The van der Waals surface area contributed by atoms with Crippen molar-refractivity contribution in [2.75, 3.05) is 13.2 Å². The van der Waals surface area contributed by atoms with E-state index in [9.17, 15) is 19.2 Å². The van der Waals surface area contributed by atoms with Crippen LogP contribution >= 0.6 is 0 Å². The third-order valence-corrected chi connectivity index (χ3v) is 1.82. The Labute approximate surface area is 106 Å². The Bertz CT molecular complexity index is 334. The Morgan fingerprint density at radius 3 is 2.33 bits per heavy atom. The minimum Gasteiger partial charge on any atom is -0.365 e. The molecule has 2 amide bonds. The standard InChI is InChI=1S/C10H15BN2O5/c1-6(3-14)12-10(17)7(2)13-9(16)5-18-4-8(11)15/h3,6-7H,4-5H2,1-2H3,(H,12,17)(H,13,16). The summed E-state index contributed by atoms with van der Waals surface area (Å²) < 4.78 is 4.67. The third-order valence-electron chi connectivity index (χ3n) is 1.82. The van der Waals surface area contributed by atoms with E-state index < -0.39 is 29.6 Å². The van der Waals surface area contributed by atoms with Gasteiger partial charge in [-0.15, -0.1) is 0 Å². The molecule has 18 heavy (non-hydrogen) atoms. The summed E-state index contributed by atoms with van der Waals surface area (Å²) in [5, 5.41) is 4.71. The number of aldehydes is 1. The molecule has 7 nitrogen and oxygen atoms in total. The highest BCUT2D eigenvalue weighted by molar-refractivity contribution is 6.58. The second kappa shape index (κ2) is 8.40. The largest absolute Gasteiger partial charge is 0.365 e. The molecule has 98 valence electrons. The van der Waals surface area contributed by atoms with Crippen LogP contribution < -0.4 is 10.6 Å². The molecule has 2 atom stereocenters. The number of carbonyl (C=O) groups excluding carboxylic acids is 4. The predicted octanol–water partition coefficient (Wildman–Crippen LogP) is -2.09. The number of ether oxygens (including phenoxy) is 1. The minimum absolute atomic E-state index is 0.365. The quantitative estimate of drug-likeness (QED) is 0.382. The third kappa shape index (κ3) is 7.56. The van der Waals surface area contributed by atoms with Crippen LogP contribution in [0.1, 0.15) is 13.8 Å². The second-order valence-corrected chi connectivity index (χ2v) is 3.68. The SMILES string of the molecule is [B]C(=O)COCC(=O)NC(C)C(=O)NC(C)C=O. The maximum absolute atomic E-state index is 11.4. The highest BCUT2D eigenvalue weighted by Gasteiger charge is 2.16. The molecule has 0 aliphatic rings. The van der Waals surface area contributed by atoms with Crippen LogP contribution in [0.15, 0.2) is 0 Å². The molecule has 8 heteroatoms. The van der Waals surface area contributed by atoms with Crippen molar-refractivity contribution in [2.45, 2.75) is 25.9 Å². The van der Waals surface area contributed by atoms with Gasteiger partial charge in [0.05, 0.1) is 12.6 Å². The van der Waals surface area contributed by atoms with Crippen LogP contribution in [-0.2, 0) is 23.9 Å². The van der Waals surface area contributed by atoms with Crippen LogP contribution in [0, 0.1) is 0 Å². The Hall–Kier alpha value is -1.70. The Morgan fingerprint density at radius 1 is 1.22 bits per heavy atom. The molecule has 0 aromatic rings. The topological polar surface area (TPSA) is 102 Å². The highest BCUT2D eigenvalue weighted by Crippen LogP contribution is 1.86. The normalized spacial score (nSPS) is 13.2. The number of hydrogen-bond acceptors (Lipinski definition) is 5. The van der Waals surface area contributed by atoms with Gasteiger partial charge in [0.2, 0.25) is 11.8 Å². The van der Waals surface area contributed by atoms with E-state index in [0.29, 0.717) is 6.29 Å². The van der Waals surface area contributed by atoms with E-state index in [0.717, 1.165) is 0 Å². The molecule has 0 aromatic carbocycles. The Morgan fingerprint density at radius 2 is 1.83 bits per heavy atom. The first-order valence-electron chi connectivity index (χ1n) is 5.28. The average Bonchev–Trinajstić information content (AvgIpc) is 2.27. The van der Waals surface area contributed by atoms with Crippen LogP contribution in [-0.4, -0.2) is 56.9 Å². The van der Waals surface area contributed by atoms with Gasteiger partial charge in [0, 0.05) is 0 Å². The van der Waals surface area contributed by atoms with E-state index in [2.05, 4.69) is 15.4 Å². The molecule has 2 unspecified atom stereocenters. The van der Waals surface area contributed by atoms with Gasteiger partial charge in [-0.05, 0) is 13.8 Å². The molecule has 0 fully saturated rings. The van der Waals surface area contributed by atoms with Crippen molar-refractivity contribution in [3.05, 3.63) is 0 Å². The molecular formula is C10H15BN2O5. The number of amides is 2. The van der Waals surface area contributed by atoms with Crippen LogP contribution in [0.2, 0.25) is 0 Å². The van der Waals surface area contributed by atoms with Gasteiger partial charge in [-0.2, -0.15) is 0 Å². The first-order chi connectivity index (χ1) is 8.36. The first kappa shape index (κ1) is 16.3. The fourth-order valence-corrected chi connectivity index (χ4v) is 0.976. The maximum Gasteiger partial charge on any atom is 0.246 e. The summed E-state index contributed by atoms with van der Waals surface area (Å²) in [5.74, 6) is -1.05. The number of nitrogens with one attached hydrogen (secondary N) is 2. The molecule has 0 saturated carbocycles. The van der Waals surface area contributed by atoms with Gasteiger partial charge in [-0.3, -0.25) is 9.59 Å². The lowest BCUT2D eigenvalue weighted by Crippen LogP contribution is -2.48. The highest BCUT2D eigenvalue weighted by atomic mass is 16.5. The molecule has 2 N–H and O–H groups in total. The molecule has 0 heterocycles. The van der Waals surface area contributed by atoms with E-state index >= 15 is 0 Å². The van der Waals surface area contributed by atoms with Crippen molar-refractivity contribution in [3.63, 3.8) is 0 Å². The molecule has 0 aliphatic heterocycles. The van der Waals surface area contributed by atoms with Gasteiger partial charge in [0.25, 0.3) is 0 Å². The number of carbonyl (C=O) groups is 4. The smallest absolute Gasteiger partial charge is 0.246 e. The summed E-state index contributed by atoms with van der Waals surface area (Å²) >= 11 is 0. The van der Waals surface area contributed by atoms with E-state index in [4.69, 9.17) is 7.85 Å². The minimum atomic E-state index is -0.808. The lowest BCUT2D eigenvalue weighted by Gasteiger charge is -2.15. The number of hydrogen-bond donors (Lipinski definition) is 2. The molecule has 0 bridgehead atoms. The number of rotatable bonds is 8. The second-order valence-electron chi connectivity index (χ2n) is 3.68. The zero-order valence-electron chi connectivity index (χ0n) is 10.3. The van der Waals surface area contributed by atoms with Crippen molar-refractivity contribution in [3.8, 4) is 0 Å². The summed E-state index contributed by atoms with van der Waals surface area (Å²) in [5.41, 5.74) is -0.687. The van der Waals surface area contributed by atoms with Crippen LogP contribution in [0.5, 0.6) is 0 Å². The molecule has 0 spiro atoms. The zero-order chi connectivity index (χ0) is 14.1. The van der Waals surface area contributed by atoms with E-state index in [1.807, 2.05) is 0 Å². The van der Waals surface area contributed by atoms with E-state index in [1.165, 1.54) is 13.8 Å². The summed E-state index contributed by atoms with van der Waals surface area (Å²) in [4.78, 5) is 43.3. The van der Waals surface area contributed by atoms with Crippen LogP contribution in [0.4, 0.5) is 0 Å². The summed E-state index contributed by atoms with van der Waals surface area (Å²) in [6, 6.07) is -1.43. The fourth-order valence-electron chi connectivity index (χ4n) is 0.976. The van der Waals surface area contributed by atoms with Crippen molar-refractivity contribution in [1.29, 1.82) is 0 Å². The lowest BCUT2D eigenvalue weighted by molar-refractivity contribution is -0.132. The first-order valence-corrected chi connectivity index (χ1v) is 5.28. The van der Waals surface area contributed by atoms with Gasteiger partial charge in [-0.1, -0.05) is 0 Å². The summed E-state index contributed by atoms with van der Waals surface area (Å²) in [7, 11) is 4.81. The lowest BCUT2D eigenvalue weighted by atomic mass is 10.1. The Kier molecular flexibility index (Phi) is 7.61. The Balaban J connectivity index is 3.95. The molecule has 0 aromatic heterocycles. The zero-order valence-corrected chi connectivity index (χ0v) is 10.3. The summed E-state index contributed by atoms with van der Waals surface area (Å²) in [6.07, 6.45) is 0.572. The monoisotopic (exact) mass is 254 g/mol. The molecule has 0 saturated heterocycles. The van der Waals surface area contributed by atoms with Crippen LogP contribution in [0.3, 0.4) is 0 Å². The maximum atomic E-state index is 11.4. The van der Waals surface area contributed by atoms with Crippen LogP contribution in [0.25, 0.3) is 0 Å². The summed E-state index contributed by atoms with van der Waals surface area (Å²) in [6.45, 7) is 2.23. The van der Waals surface area contributed by atoms with E-state index in [-0.39, 0.29) is 13.2 Å². The van der Waals surface area contributed by atoms with Gasteiger partial charge in [-0.25, -0.2) is 0 Å². The van der Waals surface area contributed by atoms with Gasteiger partial charge < -0.3 is 25.0 Å². The molecule has 0 aliphatic carbocycles.